The van der Waals surface area contributed by atoms with Crippen LogP contribution >= 0.6 is 0 Å². The van der Waals surface area contributed by atoms with Gasteiger partial charge in [-0.05, 0) is 18.2 Å². The molecule has 128 valence electrons. The maximum atomic E-state index is 11.8. The number of nitrogens with one attached hydrogen (secondary N) is 1. The van der Waals surface area contributed by atoms with Crippen LogP contribution in [0.5, 0.6) is 11.5 Å². The zero-order valence-corrected chi connectivity index (χ0v) is 13.6. The number of aliphatic imine (C=N–C) groups is 1. The number of hydrogen-bond donors (Lipinski definition) is 2. The number of methoxy groups -OCH3 is 1. The zero-order chi connectivity index (χ0) is 17.4. The highest BCUT2D eigenvalue weighted by atomic mass is 16.5. The topological polar surface area (TPSA) is 95.2 Å². The molecule has 2 aromatic carbocycles. The molecule has 2 unspecified atom stereocenters. The first-order valence-corrected chi connectivity index (χ1v) is 7.87. The van der Waals surface area contributed by atoms with Crippen LogP contribution in [0, 0.1) is 0 Å². The van der Waals surface area contributed by atoms with E-state index in [2.05, 4.69) is 10.3 Å². The number of ether oxygens (including phenoxy) is 3. The van der Waals surface area contributed by atoms with Crippen molar-refractivity contribution in [3.05, 3.63) is 53.6 Å². The maximum Gasteiger partial charge on any atom is 0.291 e. The lowest BCUT2D eigenvalue weighted by atomic mass is 10.1. The Balaban J connectivity index is 1.70. The molecule has 2 aliphatic rings. The van der Waals surface area contributed by atoms with Crippen LogP contribution in [0.4, 0.5) is 5.69 Å². The third-order valence-electron chi connectivity index (χ3n) is 4.22. The van der Waals surface area contributed by atoms with Gasteiger partial charge < -0.3 is 25.3 Å². The number of anilines is 1. The Morgan fingerprint density at radius 1 is 1.28 bits per heavy atom. The molecule has 0 radical (unpaired) electrons. The van der Waals surface area contributed by atoms with E-state index in [1.807, 2.05) is 36.4 Å². The Kier molecular flexibility index (Phi) is 3.68. The monoisotopic (exact) mass is 339 g/mol. The van der Waals surface area contributed by atoms with Gasteiger partial charge in [0, 0.05) is 11.3 Å². The second kappa shape index (κ2) is 6.01. The molecule has 7 nitrogen and oxygen atoms in total. The first kappa shape index (κ1) is 15.3. The molecule has 2 aromatic rings. The van der Waals surface area contributed by atoms with Crippen molar-refractivity contribution in [1.29, 1.82) is 0 Å². The lowest BCUT2D eigenvalue weighted by Crippen LogP contribution is -2.34. The predicted octanol–water partition coefficient (Wildman–Crippen LogP) is 2.15. The molecule has 0 saturated carbocycles. The number of nitrogens with zero attached hydrogens (tertiary/aromatic N) is 1. The number of para-hydroxylation sites is 1. The van der Waals surface area contributed by atoms with Crippen LogP contribution in [-0.4, -0.2) is 25.6 Å². The zero-order valence-electron chi connectivity index (χ0n) is 13.6. The van der Waals surface area contributed by atoms with Gasteiger partial charge in [-0.2, -0.15) is 0 Å². The molecule has 1 amide bonds. The molecule has 0 spiro atoms. The van der Waals surface area contributed by atoms with Crippen molar-refractivity contribution in [1.82, 2.24) is 0 Å². The third-order valence-corrected chi connectivity index (χ3v) is 4.22. The van der Waals surface area contributed by atoms with Crippen molar-refractivity contribution in [2.45, 2.75) is 12.1 Å². The van der Waals surface area contributed by atoms with Crippen LogP contribution in [0.25, 0.3) is 0 Å². The normalized spacial score (nSPS) is 22.2. The Labute approximate surface area is 144 Å². The van der Waals surface area contributed by atoms with Crippen LogP contribution in [-0.2, 0) is 9.53 Å². The van der Waals surface area contributed by atoms with Crippen molar-refractivity contribution >= 4 is 17.6 Å². The highest BCUT2D eigenvalue weighted by Gasteiger charge is 2.32. The minimum absolute atomic E-state index is 0.231. The summed E-state index contributed by atoms with van der Waals surface area (Å²) < 4.78 is 16.8. The molecule has 2 heterocycles. The molecule has 7 heteroatoms. The molecule has 0 bridgehead atoms. The SMILES string of the molecule is COc1cccc2c1C(N=C1Nc3ccccc3C(C(N)=O)O1)CO2. The fourth-order valence-electron chi connectivity index (χ4n) is 3.08. The van der Waals surface area contributed by atoms with E-state index >= 15 is 0 Å². The van der Waals surface area contributed by atoms with E-state index in [1.165, 1.54) is 0 Å². The second-order valence-electron chi connectivity index (χ2n) is 5.75. The van der Waals surface area contributed by atoms with Gasteiger partial charge in [0.25, 0.3) is 11.9 Å². The van der Waals surface area contributed by atoms with Crippen LogP contribution in [0.15, 0.2) is 47.5 Å². The highest BCUT2D eigenvalue weighted by molar-refractivity contribution is 5.97. The Bertz CT molecular complexity index is 865. The van der Waals surface area contributed by atoms with Crippen molar-refractivity contribution in [2.24, 2.45) is 10.7 Å². The van der Waals surface area contributed by atoms with Gasteiger partial charge in [0.05, 0.1) is 12.7 Å². The summed E-state index contributed by atoms with van der Waals surface area (Å²) in [5.41, 5.74) is 7.78. The van der Waals surface area contributed by atoms with Crippen LogP contribution in [0.2, 0.25) is 0 Å². The van der Waals surface area contributed by atoms with Crippen LogP contribution in [0.1, 0.15) is 23.3 Å². The van der Waals surface area contributed by atoms with Gasteiger partial charge in [0.2, 0.25) is 6.10 Å². The molecular formula is C18H17N3O4. The number of primary amides is 1. The number of benzene rings is 2. The number of rotatable bonds is 3. The average molecular weight is 339 g/mol. The third kappa shape index (κ3) is 2.63. The number of hydrogen-bond acceptors (Lipinski definition) is 5. The van der Waals surface area contributed by atoms with Gasteiger partial charge in [-0.1, -0.05) is 24.3 Å². The Morgan fingerprint density at radius 2 is 2.12 bits per heavy atom. The Morgan fingerprint density at radius 3 is 2.92 bits per heavy atom. The van der Waals surface area contributed by atoms with Crippen LogP contribution in [0.3, 0.4) is 0 Å². The van der Waals surface area contributed by atoms with Gasteiger partial charge in [-0.3, -0.25) is 4.79 Å². The van der Waals surface area contributed by atoms with Gasteiger partial charge in [0.15, 0.2) is 0 Å². The smallest absolute Gasteiger partial charge is 0.291 e. The Hall–Kier alpha value is -3.22. The lowest BCUT2D eigenvalue weighted by Gasteiger charge is -2.27. The molecule has 2 atom stereocenters. The number of carbonyl (C=O) groups excluding carboxylic acids is 1. The molecule has 0 aromatic heterocycles. The van der Waals surface area contributed by atoms with E-state index in [0.29, 0.717) is 17.9 Å². The van der Waals surface area contributed by atoms with Gasteiger partial charge >= 0.3 is 0 Å². The largest absolute Gasteiger partial charge is 0.496 e. The summed E-state index contributed by atoms with van der Waals surface area (Å²) in [6.07, 6.45) is -0.879. The number of amidine groups is 1. The average Bonchev–Trinajstić information content (AvgIpc) is 3.04. The molecule has 0 saturated heterocycles. The summed E-state index contributed by atoms with van der Waals surface area (Å²) in [4.78, 5) is 16.4. The molecule has 2 aliphatic heterocycles. The lowest BCUT2D eigenvalue weighted by molar-refractivity contribution is -0.125. The van der Waals surface area contributed by atoms with Crippen molar-refractivity contribution in [2.75, 3.05) is 19.0 Å². The quantitative estimate of drug-likeness (QED) is 0.893. The van der Waals surface area contributed by atoms with E-state index in [4.69, 9.17) is 19.9 Å². The molecule has 3 N–H and O–H groups in total. The van der Waals surface area contributed by atoms with Gasteiger partial charge in [-0.25, -0.2) is 4.99 Å². The predicted molar refractivity (Wildman–Crippen MR) is 91.8 cm³/mol. The maximum absolute atomic E-state index is 11.8. The van der Waals surface area contributed by atoms with E-state index in [1.54, 1.807) is 13.2 Å². The second-order valence-corrected chi connectivity index (χ2v) is 5.75. The number of carbonyl (C=O) groups is 1. The minimum atomic E-state index is -0.879. The van der Waals surface area contributed by atoms with Gasteiger partial charge in [-0.15, -0.1) is 0 Å². The summed E-state index contributed by atoms with van der Waals surface area (Å²) in [5, 5.41) is 3.10. The molecule has 25 heavy (non-hydrogen) atoms. The molecular weight excluding hydrogens is 322 g/mol. The van der Waals surface area contributed by atoms with Crippen LogP contribution < -0.4 is 20.5 Å². The number of amides is 1. The number of nitrogens with two attached hydrogens (primary N) is 1. The van der Waals surface area contributed by atoms with Crippen molar-refractivity contribution in [3.8, 4) is 11.5 Å². The molecule has 0 aliphatic carbocycles. The number of fused-ring (bicyclic) bond motifs is 2. The first-order valence-electron chi connectivity index (χ1n) is 7.87. The van der Waals surface area contributed by atoms with Crippen molar-refractivity contribution in [3.63, 3.8) is 0 Å². The van der Waals surface area contributed by atoms with E-state index < -0.39 is 12.0 Å². The first-order chi connectivity index (χ1) is 12.2. The summed E-state index contributed by atoms with van der Waals surface area (Å²) in [7, 11) is 1.60. The van der Waals surface area contributed by atoms with E-state index in [0.717, 1.165) is 17.0 Å². The fraction of sp³-hybridized carbons (Fsp3) is 0.222. The standard InChI is InChI=1S/C18H17N3O4/c1-23-13-7-4-8-14-15(13)12(9-24-14)21-18-20-11-6-3-2-5-10(11)16(25-18)17(19)22/h2-8,12,16H,9H2,1H3,(H2,19,22)(H,20,21). The molecule has 0 fully saturated rings. The minimum Gasteiger partial charge on any atom is -0.496 e. The summed E-state index contributed by atoms with van der Waals surface area (Å²) in [6.45, 7) is 0.368. The summed E-state index contributed by atoms with van der Waals surface area (Å²) in [5.74, 6) is 0.866. The van der Waals surface area contributed by atoms with E-state index in [-0.39, 0.29) is 12.1 Å². The summed E-state index contributed by atoms with van der Waals surface area (Å²) >= 11 is 0. The molecule has 4 rings (SSSR count). The summed E-state index contributed by atoms with van der Waals surface area (Å²) in [6, 6.07) is 12.9. The van der Waals surface area contributed by atoms with Gasteiger partial charge in [0.1, 0.15) is 24.1 Å². The van der Waals surface area contributed by atoms with E-state index in [9.17, 15) is 4.79 Å². The fourth-order valence-corrected chi connectivity index (χ4v) is 3.08. The van der Waals surface area contributed by atoms with Crippen molar-refractivity contribution < 1.29 is 19.0 Å². The highest BCUT2D eigenvalue weighted by Crippen LogP contribution is 2.41.